The van der Waals surface area contributed by atoms with Crippen molar-refractivity contribution in [3.63, 3.8) is 0 Å². The van der Waals surface area contributed by atoms with Crippen LogP contribution in [0.2, 0.25) is 0 Å². The van der Waals surface area contributed by atoms with E-state index in [1.807, 2.05) is 18.2 Å². The third-order valence-electron chi connectivity index (χ3n) is 4.83. The standard InChI is InChI=1S/C20H24N2O3S2/c23-20(14-27-15-5-6-17-18(12-15)25-10-9-24-17)21-13-16(19-4-3-11-26-19)22-7-1-2-8-22/h3-6,11-12,16H,1-2,7-10,13-14H2,(H,21,23). The molecule has 0 saturated carbocycles. The summed E-state index contributed by atoms with van der Waals surface area (Å²) >= 11 is 3.29. The van der Waals surface area contributed by atoms with Crippen molar-refractivity contribution in [2.24, 2.45) is 0 Å². The number of ether oxygens (including phenoxy) is 2. The molecule has 1 fully saturated rings. The number of benzene rings is 1. The zero-order valence-electron chi connectivity index (χ0n) is 15.2. The molecule has 1 N–H and O–H groups in total. The number of likely N-dealkylation sites (tertiary alicyclic amines) is 1. The van der Waals surface area contributed by atoms with Gasteiger partial charge in [-0.2, -0.15) is 0 Å². The molecule has 0 radical (unpaired) electrons. The zero-order chi connectivity index (χ0) is 18.5. The first-order chi connectivity index (χ1) is 13.3. The summed E-state index contributed by atoms with van der Waals surface area (Å²) in [5.41, 5.74) is 0. The van der Waals surface area contributed by atoms with Crippen molar-refractivity contribution in [3.8, 4) is 11.5 Å². The van der Waals surface area contributed by atoms with Gasteiger partial charge < -0.3 is 14.8 Å². The highest BCUT2D eigenvalue weighted by Gasteiger charge is 2.24. The second-order valence-corrected chi connectivity index (χ2v) is 8.70. The number of rotatable bonds is 7. The maximum atomic E-state index is 12.4. The molecule has 1 saturated heterocycles. The second-order valence-electron chi connectivity index (χ2n) is 6.67. The minimum absolute atomic E-state index is 0.0654. The van der Waals surface area contributed by atoms with Crippen LogP contribution in [-0.2, 0) is 4.79 Å². The summed E-state index contributed by atoms with van der Waals surface area (Å²) in [5.74, 6) is 2.00. The van der Waals surface area contributed by atoms with Gasteiger partial charge >= 0.3 is 0 Å². The van der Waals surface area contributed by atoms with E-state index in [4.69, 9.17) is 9.47 Å². The van der Waals surface area contributed by atoms with Crippen molar-refractivity contribution in [1.29, 1.82) is 0 Å². The summed E-state index contributed by atoms with van der Waals surface area (Å²) in [6.45, 7) is 4.06. The third-order valence-corrected chi connectivity index (χ3v) is 6.80. The van der Waals surface area contributed by atoms with Crippen LogP contribution in [-0.4, -0.2) is 49.4 Å². The lowest BCUT2D eigenvalue weighted by Crippen LogP contribution is -2.37. The van der Waals surface area contributed by atoms with Crippen LogP contribution in [0.5, 0.6) is 11.5 Å². The zero-order valence-corrected chi connectivity index (χ0v) is 16.8. The molecule has 1 unspecified atom stereocenters. The number of hydrogen-bond donors (Lipinski definition) is 1. The highest BCUT2D eigenvalue weighted by Crippen LogP contribution is 2.34. The molecule has 27 heavy (non-hydrogen) atoms. The molecule has 3 heterocycles. The van der Waals surface area contributed by atoms with Crippen LogP contribution in [0.1, 0.15) is 23.8 Å². The first kappa shape index (κ1) is 18.7. The number of nitrogens with one attached hydrogen (secondary N) is 1. The Morgan fingerprint density at radius 3 is 2.78 bits per heavy atom. The molecule has 2 aliphatic rings. The van der Waals surface area contributed by atoms with Crippen molar-refractivity contribution in [3.05, 3.63) is 40.6 Å². The highest BCUT2D eigenvalue weighted by molar-refractivity contribution is 8.00. The monoisotopic (exact) mass is 404 g/mol. The topological polar surface area (TPSA) is 50.8 Å². The van der Waals surface area contributed by atoms with Crippen molar-refractivity contribution in [2.75, 3.05) is 38.6 Å². The van der Waals surface area contributed by atoms with E-state index in [0.717, 1.165) is 29.5 Å². The van der Waals surface area contributed by atoms with Crippen LogP contribution >= 0.6 is 23.1 Å². The van der Waals surface area contributed by atoms with E-state index in [0.29, 0.717) is 25.5 Å². The Morgan fingerprint density at radius 2 is 2.00 bits per heavy atom. The van der Waals surface area contributed by atoms with Gasteiger partial charge in [0.05, 0.1) is 11.8 Å². The van der Waals surface area contributed by atoms with E-state index in [2.05, 4.69) is 27.7 Å². The Kier molecular flexibility index (Phi) is 6.21. The molecule has 0 bridgehead atoms. The largest absolute Gasteiger partial charge is 0.486 e. The van der Waals surface area contributed by atoms with E-state index < -0.39 is 0 Å². The fourth-order valence-electron chi connectivity index (χ4n) is 3.47. The molecule has 1 aromatic carbocycles. The smallest absolute Gasteiger partial charge is 0.230 e. The average molecular weight is 405 g/mol. The predicted molar refractivity (Wildman–Crippen MR) is 109 cm³/mol. The number of hydrogen-bond acceptors (Lipinski definition) is 6. The summed E-state index contributed by atoms with van der Waals surface area (Å²) in [4.78, 5) is 17.2. The average Bonchev–Trinajstić information content (AvgIpc) is 3.41. The number of amides is 1. The van der Waals surface area contributed by atoms with Gasteiger partial charge in [-0.15, -0.1) is 23.1 Å². The van der Waals surface area contributed by atoms with Crippen LogP contribution in [0.15, 0.2) is 40.6 Å². The Morgan fingerprint density at radius 1 is 1.19 bits per heavy atom. The van der Waals surface area contributed by atoms with Crippen molar-refractivity contribution >= 4 is 29.0 Å². The molecule has 2 aliphatic heterocycles. The van der Waals surface area contributed by atoms with Crippen molar-refractivity contribution in [1.82, 2.24) is 10.2 Å². The molecule has 1 atom stereocenters. The summed E-state index contributed by atoms with van der Waals surface area (Å²) in [6, 6.07) is 10.4. The van der Waals surface area contributed by atoms with Crippen LogP contribution in [0.4, 0.5) is 0 Å². The van der Waals surface area contributed by atoms with Gasteiger partial charge in [-0.05, 0) is 55.6 Å². The van der Waals surface area contributed by atoms with Gasteiger partial charge in [0.2, 0.25) is 5.91 Å². The molecule has 1 amide bonds. The van der Waals surface area contributed by atoms with E-state index >= 15 is 0 Å². The maximum absolute atomic E-state index is 12.4. The van der Waals surface area contributed by atoms with Crippen LogP contribution in [0, 0.1) is 0 Å². The SMILES string of the molecule is O=C(CSc1ccc2c(c1)OCCO2)NCC(c1cccs1)N1CCCC1. The number of nitrogens with zero attached hydrogens (tertiary/aromatic N) is 1. The molecule has 144 valence electrons. The Bertz CT molecular complexity index is 761. The van der Waals surface area contributed by atoms with Gasteiger partial charge in [-0.25, -0.2) is 0 Å². The van der Waals surface area contributed by atoms with E-state index in [-0.39, 0.29) is 11.9 Å². The minimum Gasteiger partial charge on any atom is -0.486 e. The van der Waals surface area contributed by atoms with Gasteiger partial charge in [0.15, 0.2) is 11.5 Å². The van der Waals surface area contributed by atoms with Gasteiger partial charge in [0.25, 0.3) is 0 Å². The molecule has 0 spiro atoms. The van der Waals surface area contributed by atoms with Gasteiger partial charge in [0, 0.05) is 16.3 Å². The lowest BCUT2D eigenvalue weighted by atomic mass is 10.2. The van der Waals surface area contributed by atoms with Crippen LogP contribution in [0.25, 0.3) is 0 Å². The molecular formula is C20H24N2O3S2. The lowest BCUT2D eigenvalue weighted by Gasteiger charge is -2.26. The first-order valence-corrected chi connectivity index (χ1v) is 11.2. The number of fused-ring (bicyclic) bond motifs is 1. The summed E-state index contributed by atoms with van der Waals surface area (Å²) in [6.07, 6.45) is 2.49. The molecule has 0 aliphatic carbocycles. The maximum Gasteiger partial charge on any atom is 0.230 e. The Hall–Kier alpha value is -1.70. The molecule has 2 aromatic rings. The Balaban J connectivity index is 1.29. The number of carbonyl (C=O) groups excluding carboxylic acids is 1. The summed E-state index contributed by atoms with van der Waals surface area (Å²) < 4.78 is 11.1. The van der Waals surface area contributed by atoms with Crippen molar-refractivity contribution in [2.45, 2.75) is 23.8 Å². The molecule has 1 aromatic heterocycles. The molecule has 4 rings (SSSR count). The first-order valence-electron chi connectivity index (χ1n) is 9.36. The normalized spacial score (nSPS) is 17.6. The van der Waals surface area contributed by atoms with Gasteiger partial charge in [-0.3, -0.25) is 9.69 Å². The minimum atomic E-state index is 0.0654. The van der Waals surface area contributed by atoms with E-state index in [1.165, 1.54) is 29.5 Å². The molecule has 5 nitrogen and oxygen atoms in total. The second kappa shape index (κ2) is 8.99. The highest BCUT2D eigenvalue weighted by atomic mass is 32.2. The third kappa shape index (κ3) is 4.78. The Labute approximate surface area is 168 Å². The number of thiophene rings is 1. The van der Waals surface area contributed by atoms with E-state index in [1.54, 1.807) is 11.3 Å². The van der Waals surface area contributed by atoms with Gasteiger partial charge in [0.1, 0.15) is 13.2 Å². The fourth-order valence-corrected chi connectivity index (χ4v) is 5.08. The predicted octanol–water partition coefficient (Wildman–Crippen LogP) is 3.56. The molecule has 7 heteroatoms. The van der Waals surface area contributed by atoms with Crippen LogP contribution < -0.4 is 14.8 Å². The summed E-state index contributed by atoms with van der Waals surface area (Å²) in [7, 11) is 0. The van der Waals surface area contributed by atoms with E-state index in [9.17, 15) is 4.79 Å². The molecular weight excluding hydrogens is 380 g/mol. The van der Waals surface area contributed by atoms with Gasteiger partial charge in [-0.1, -0.05) is 6.07 Å². The fraction of sp³-hybridized carbons (Fsp3) is 0.450. The number of thioether (sulfide) groups is 1. The summed E-state index contributed by atoms with van der Waals surface area (Å²) in [5, 5.41) is 5.24. The quantitative estimate of drug-likeness (QED) is 0.715. The van der Waals surface area contributed by atoms with Crippen molar-refractivity contribution < 1.29 is 14.3 Å². The lowest BCUT2D eigenvalue weighted by molar-refractivity contribution is -0.118. The van der Waals surface area contributed by atoms with Crippen LogP contribution in [0.3, 0.4) is 0 Å². The number of carbonyl (C=O) groups is 1.